The van der Waals surface area contributed by atoms with Crippen molar-refractivity contribution in [3.8, 4) is 11.1 Å². The van der Waals surface area contributed by atoms with Crippen LogP contribution in [-0.2, 0) is 6.54 Å². The number of furan rings is 1. The van der Waals surface area contributed by atoms with Crippen LogP contribution in [0.25, 0.3) is 33.1 Å². The molecule has 1 N–H and O–H groups in total. The van der Waals surface area contributed by atoms with E-state index < -0.39 is 5.63 Å². The molecule has 4 nitrogen and oxygen atoms in total. The van der Waals surface area contributed by atoms with Gasteiger partial charge in [-0.25, -0.2) is 4.79 Å². The van der Waals surface area contributed by atoms with Gasteiger partial charge in [0.1, 0.15) is 11.0 Å². The summed E-state index contributed by atoms with van der Waals surface area (Å²) < 4.78 is 11.8. The van der Waals surface area contributed by atoms with Gasteiger partial charge in [0.2, 0.25) is 5.88 Å². The fourth-order valence-electron chi connectivity index (χ4n) is 3.53. The zero-order valence-electron chi connectivity index (χ0n) is 15.3. The van der Waals surface area contributed by atoms with Crippen LogP contribution in [0.15, 0.2) is 92.5 Å². The molecule has 0 saturated heterocycles. The highest BCUT2D eigenvalue weighted by atomic mass is 35.5. The zero-order valence-corrected chi connectivity index (χ0v) is 16.1. The van der Waals surface area contributed by atoms with E-state index in [-0.39, 0.29) is 0 Å². The summed E-state index contributed by atoms with van der Waals surface area (Å²) in [6, 6.07) is 24.7. The summed E-state index contributed by atoms with van der Waals surface area (Å²) in [6.07, 6.45) is 0. The largest absolute Gasteiger partial charge is 0.439 e. The topological polar surface area (TPSA) is 55.4 Å². The Bertz CT molecular complexity index is 1390. The second kappa shape index (κ2) is 7.15. The molecule has 29 heavy (non-hydrogen) atoms. The van der Waals surface area contributed by atoms with E-state index in [1.165, 1.54) is 0 Å². The van der Waals surface area contributed by atoms with Crippen molar-refractivity contribution in [2.45, 2.75) is 6.54 Å². The van der Waals surface area contributed by atoms with Gasteiger partial charge in [-0.15, -0.1) is 0 Å². The lowest BCUT2D eigenvalue weighted by Crippen LogP contribution is -2.02. The second-order valence-electron chi connectivity index (χ2n) is 6.71. The predicted octanol–water partition coefficient (Wildman–Crippen LogP) is 6.47. The van der Waals surface area contributed by atoms with Crippen molar-refractivity contribution in [3.05, 3.63) is 99.9 Å². The maximum atomic E-state index is 12.9. The molecule has 2 heterocycles. The van der Waals surface area contributed by atoms with E-state index in [0.29, 0.717) is 45.1 Å². The van der Waals surface area contributed by atoms with Crippen molar-refractivity contribution < 1.29 is 8.83 Å². The third-order valence-corrected chi connectivity index (χ3v) is 5.22. The predicted molar refractivity (Wildman–Crippen MR) is 116 cm³/mol. The quantitative estimate of drug-likeness (QED) is 0.350. The van der Waals surface area contributed by atoms with E-state index in [1.807, 2.05) is 66.7 Å². The van der Waals surface area contributed by atoms with Crippen molar-refractivity contribution in [1.82, 2.24) is 0 Å². The van der Waals surface area contributed by atoms with Crippen molar-refractivity contribution in [2.24, 2.45) is 0 Å². The summed E-state index contributed by atoms with van der Waals surface area (Å²) >= 11 is 6.47. The first-order chi connectivity index (χ1) is 14.2. The van der Waals surface area contributed by atoms with Gasteiger partial charge in [0, 0.05) is 17.1 Å². The fraction of sp³-hybridized carbons (Fsp3) is 0.0417. The summed E-state index contributed by atoms with van der Waals surface area (Å²) in [5.74, 6) is 0.487. The molecule has 0 aliphatic carbocycles. The minimum absolute atomic E-state index is 0.382. The first kappa shape index (κ1) is 17.6. The van der Waals surface area contributed by atoms with Gasteiger partial charge >= 0.3 is 5.63 Å². The van der Waals surface area contributed by atoms with E-state index in [9.17, 15) is 4.79 Å². The minimum Gasteiger partial charge on any atom is -0.439 e. The van der Waals surface area contributed by atoms with E-state index in [0.717, 1.165) is 10.9 Å². The summed E-state index contributed by atoms with van der Waals surface area (Å²) in [5, 5.41) is 4.98. The Morgan fingerprint density at radius 1 is 0.828 bits per heavy atom. The first-order valence-corrected chi connectivity index (χ1v) is 9.61. The molecule has 0 bridgehead atoms. The van der Waals surface area contributed by atoms with Crippen molar-refractivity contribution >= 4 is 39.4 Å². The monoisotopic (exact) mass is 401 g/mol. The Balaban J connectivity index is 1.77. The van der Waals surface area contributed by atoms with Crippen LogP contribution >= 0.6 is 11.6 Å². The van der Waals surface area contributed by atoms with Gasteiger partial charge in [0.05, 0.1) is 10.9 Å². The molecule has 0 atom stereocenters. The molecule has 0 radical (unpaired) electrons. The Kier molecular flexibility index (Phi) is 4.34. The zero-order chi connectivity index (χ0) is 19.8. The van der Waals surface area contributed by atoms with Crippen LogP contribution in [0, 0.1) is 0 Å². The maximum absolute atomic E-state index is 12.9. The van der Waals surface area contributed by atoms with Gasteiger partial charge in [0.15, 0.2) is 5.58 Å². The smallest absolute Gasteiger partial charge is 0.348 e. The lowest BCUT2D eigenvalue weighted by atomic mass is 10.0. The van der Waals surface area contributed by atoms with E-state index in [2.05, 4.69) is 5.32 Å². The Labute approximate surface area is 171 Å². The number of anilines is 1. The average Bonchev–Trinajstić information content (AvgIpc) is 3.14. The molecule has 0 aliphatic heterocycles. The Morgan fingerprint density at radius 2 is 1.55 bits per heavy atom. The van der Waals surface area contributed by atoms with Crippen LogP contribution in [0.5, 0.6) is 0 Å². The number of hydrogen-bond acceptors (Lipinski definition) is 4. The molecular weight excluding hydrogens is 386 g/mol. The molecule has 5 heteroatoms. The minimum atomic E-state index is -0.454. The third-order valence-electron chi connectivity index (χ3n) is 4.89. The highest BCUT2D eigenvalue weighted by Gasteiger charge is 2.23. The molecular formula is C24H16ClNO3. The number of para-hydroxylation sites is 1. The molecule has 0 spiro atoms. The van der Waals surface area contributed by atoms with E-state index in [4.69, 9.17) is 20.4 Å². The normalized spacial score (nSPS) is 11.2. The molecule has 5 aromatic rings. The van der Waals surface area contributed by atoms with E-state index in [1.54, 1.807) is 12.1 Å². The van der Waals surface area contributed by atoms with Gasteiger partial charge in [0.25, 0.3) is 0 Å². The Morgan fingerprint density at radius 3 is 2.38 bits per heavy atom. The molecule has 0 fully saturated rings. The number of fused-ring (bicyclic) bond motifs is 3. The van der Waals surface area contributed by atoms with Crippen LogP contribution in [0.2, 0.25) is 5.02 Å². The standard InChI is InChI=1S/C24H16ClNO3/c25-18-12-6-4-10-16(18)20-21-22(17-11-5-7-13-19(17)28-24(21)27)29-23(20)26-14-15-8-2-1-3-9-15/h1-13,26H,14H2. The van der Waals surface area contributed by atoms with E-state index >= 15 is 0 Å². The summed E-state index contributed by atoms with van der Waals surface area (Å²) in [4.78, 5) is 12.9. The molecule has 0 aliphatic rings. The van der Waals surface area contributed by atoms with Gasteiger partial charge < -0.3 is 14.2 Å². The van der Waals surface area contributed by atoms with Crippen LogP contribution in [0.4, 0.5) is 5.88 Å². The van der Waals surface area contributed by atoms with Gasteiger partial charge in [-0.05, 0) is 23.8 Å². The molecule has 0 saturated carbocycles. The van der Waals surface area contributed by atoms with Crippen LogP contribution in [-0.4, -0.2) is 0 Å². The highest BCUT2D eigenvalue weighted by molar-refractivity contribution is 6.34. The molecule has 3 aromatic carbocycles. The summed E-state index contributed by atoms with van der Waals surface area (Å²) in [5.41, 5.74) is 2.94. The van der Waals surface area contributed by atoms with Crippen LogP contribution in [0.1, 0.15) is 5.56 Å². The summed E-state index contributed by atoms with van der Waals surface area (Å²) in [6.45, 7) is 0.543. The lowest BCUT2D eigenvalue weighted by Gasteiger charge is -2.08. The molecule has 0 amide bonds. The van der Waals surface area contributed by atoms with Crippen molar-refractivity contribution in [3.63, 3.8) is 0 Å². The third kappa shape index (κ3) is 3.08. The van der Waals surface area contributed by atoms with Crippen molar-refractivity contribution in [1.29, 1.82) is 0 Å². The fourth-order valence-corrected chi connectivity index (χ4v) is 3.76. The summed E-state index contributed by atoms with van der Waals surface area (Å²) in [7, 11) is 0. The lowest BCUT2D eigenvalue weighted by molar-refractivity contribution is 0.565. The average molecular weight is 402 g/mol. The number of rotatable bonds is 4. The number of nitrogens with one attached hydrogen (secondary N) is 1. The molecule has 5 rings (SSSR count). The van der Waals surface area contributed by atoms with Gasteiger partial charge in [-0.2, -0.15) is 0 Å². The second-order valence-corrected chi connectivity index (χ2v) is 7.12. The van der Waals surface area contributed by atoms with Gasteiger partial charge in [-0.3, -0.25) is 0 Å². The molecule has 0 unspecified atom stereocenters. The first-order valence-electron chi connectivity index (χ1n) is 9.23. The van der Waals surface area contributed by atoms with Gasteiger partial charge in [-0.1, -0.05) is 72.3 Å². The van der Waals surface area contributed by atoms with Crippen LogP contribution in [0.3, 0.4) is 0 Å². The SMILES string of the molecule is O=c1oc2ccccc2c2oc(NCc3ccccc3)c(-c3ccccc3Cl)c12. The van der Waals surface area contributed by atoms with Crippen molar-refractivity contribution in [2.75, 3.05) is 5.32 Å². The Hall–Kier alpha value is -3.50. The number of halogens is 1. The number of benzene rings is 3. The number of hydrogen-bond donors (Lipinski definition) is 1. The molecule has 142 valence electrons. The molecule has 2 aromatic heterocycles. The van der Waals surface area contributed by atoms with Crippen LogP contribution < -0.4 is 10.9 Å². The maximum Gasteiger partial charge on any atom is 0.348 e. The highest BCUT2D eigenvalue weighted by Crippen LogP contribution is 2.42.